The molecule has 0 aliphatic carbocycles. The van der Waals surface area contributed by atoms with Crippen molar-refractivity contribution in [2.45, 2.75) is 24.3 Å². The molecule has 1 aromatic rings. The Bertz CT molecular complexity index is 642. The molecule has 1 aromatic carbocycles. The fourth-order valence-electron chi connectivity index (χ4n) is 1.96. The van der Waals surface area contributed by atoms with E-state index >= 15 is 0 Å². The van der Waals surface area contributed by atoms with E-state index in [1.165, 1.54) is 11.8 Å². The highest BCUT2D eigenvalue weighted by Gasteiger charge is 2.21. The number of rotatable bonds is 5. The summed E-state index contributed by atoms with van der Waals surface area (Å²) in [4.78, 5) is 35.6. The number of nitrogens with one attached hydrogen (secondary N) is 2. The molecule has 0 saturated heterocycles. The number of fused-ring (bicyclic) bond motifs is 1. The molecule has 0 aromatic heterocycles. The van der Waals surface area contributed by atoms with Crippen LogP contribution in [0.15, 0.2) is 35.2 Å². The van der Waals surface area contributed by atoms with E-state index in [-0.39, 0.29) is 12.3 Å². The normalized spacial score (nSPS) is 15.0. The van der Waals surface area contributed by atoms with Crippen molar-refractivity contribution < 1.29 is 19.5 Å². The van der Waals surface area contributed by atoms with E-state index in [1.807, 2.05) is 0 Å². The zero-order chi connectivity index (χ0) is 16.1. The topological polar surface area (TPSA) is 95.5 Å². The molecule has 7 heteroatoms. The maximum Gasteiger partial charge on any atom is 0.326 e. The fourth-order valence-corrected chi connectivity index (χ4v) is 2.75. The van der Waals surface area contributed by atoms with Gasteiger partial charge in [0.15, 0.2) is 0 Å². The maximum atomic E-state index is 12.2. The van der Waals surface area contributed by atoms with Gasteiger partial charge in [-0.1, -0.05) is 12.2 Å². The van der Waals surface area contributed by atoms with Gasteiger partial charge in [0.05, 0.1) is 11.4 Å². The number of carbonyl (C=O) groups is 3. The van der Waals surface area contributed by atoms with E-state index in [9.17, 15) is 14.4 Å². The average Bonchev–Trinajstić information content (AvgIpc) is 2.50. The Morgan fingerprint density at radius 3 is 2.95 bits per heavy atom. The molecule has 6 nitrogen and oxygen atoms in total. The van der Waals surface area contributed by atoms with E-state index in [4.69, 9.17) is 5.11 Å². The van der Waals surface area contributed by atoms with Gasteiger partial charge >= 0.3 is 5.97 Å². The van der Waals surface area contributed by atoms with E-state index in [2.05, 4.69) is 10.6 Å². The molecule has 1 unspecified atom stereocenters. The molecule has 3 N–H and O–H groups in total. The van der Waals surface area contributed by atoms with Gasteiger partial charge in [0.2, 0.25) is 5.91 Å². The lowest BCUT2D eigenvalue weighted by molar-refractivity contribution is -0.139. The van der Waals surface area contributed by atoms with E-state index in [0.29, 0.717) is 17.0 Å². The van der Waals surface area contributed by atoms with Gasteiger partial charge in [-0.15, -0.1) is 11.8 Å². The van der Waals surface area contributed by atoms with Crippen molar-refractivity contribution in [3.05, 3.63) is 35.9 Å². The molecule has 22 heavy (non-hydrogen) atoms. The Balaban J connectivity index is 2.13. The second kappa shape index (κ2) is 7.13. The van der Waals surface area contributed by atoms with Crippen LogP contribution in [0.4, 0.5) is 5.69 Å². The van der Waals surface area contributed by atoms with Gasteiger partial charge in [0.1, 0.15) is 6.04 Å². The number of amides is 2. The standard InChI is InChI=1S/C15H16N2O4S/c1-2-3-4-10(15(20)21)17-14(19)9-5-6-12-11(7-9)16-13(18)8-22-12/h2-3,5-7,10H,4,8H2,1H3,(H,16,18)(H,17,19)(H,20,21)/b3-2+. The Hall–Kier alpha value is -2.28. The van der Waals surface area contributed by atoms with E-state index < -0.39 is 17.9 Å². The van der Waals surface area contributed by atoms with Crippen LogP contribution in [0.2, 0.25) is 0 Å². The van der Waals surface area contributed by atoms with Crippen LogP contribution < -0.4 is 10.6 Å². The minimum Gasteiger partial charge on any atom is -0.480 e. The van der Waals surface area contributed by atoms with Gasteiger partial charge < -0.3 is 15.7 Å². The number of hydrogen-bond donors (Lipinski definition) is 3. The molecule has 0 saturated carbocycles. The number of benzene rings is 1. The number of carbonyl (C=O) groups excluding carboxylic acids is 2. The molecule has 1 aliphatic heterocycles. The van der Waals surface area contributed by atoms with Crippen LogP contribution in [0.1, 0.15) is 23.7 Å². The highest BCUT2D eigenvalue weighted by molar-refractivity contribution is 8.00. The SMILES string of the molecule is C/C=C/CC(NC(=O)c1ccc2c(c1)NC(=O)CS2)C(=O)O. The van der Waals surface area contributed by atoms with Gasteiger partial charge in [0.25, 0.3) is 5.91 Å². The number of carboxylic acids is 1. The summed E-state index contributed by atoms with van der Waals surface area (Å²) >= 11 is 1.40. The second-order valence-electron chi connectivity index (χ2n) is 4.72. The van der Waals surface area contributed by atoms with Crippen molar-refractivity contribution in [1.29, 1.82) is 0 Å². The molecular weight excluding hydrogens is 304 g/mol. The zero-order valence-electron chi connectivity index (χ0n) is 12.0. The van der Waals surface area contributed by atoms with Gasteiger partial charge in [0, 0.05) is 10.5 Å². The molecule has 1 aliphatic rings. The van der Waals surface area contributed by atoms with Gasteiger partial charge in [-0.3, -0.25) is 9.59 Å². The van der Waals surface area contributed by atoms with Gasteiger partial charge in [-0.25, -0.2) is 4.79 Å². The molecule has 0 spiro atoms. The zero-order valence-corrected chi connectivity index (χ0v) is 12.8. The highest BCUT2D eigenvalue weighted by atomic mass is 32.2. The van der Waals surface area contributed by atoms with Crippen molar-refractivity contribution in [2.75, 3.05) is 11.1 Å². The Morgan fingerprint density at radius 2 is 2.27 bits per heavy atom. The minimum atomic E-state index is -1.09. The Kier molecular flexibility index (Phi) is 5.21. The van der Waals surface area contributed by atoms with E-state index in [1.54, 1.807) is 37.3 Å². The van der Waals surface area contributed by atoms with Gasteiger partial charge in [-0.05, 0) is 31.5 Å². The first-order valence-electron chi connectivity index (χ1n) is 6.72. The largest absolute Gasteiger partial charge is 0.480 e. The summed E-state index contributed by atoms with van der Waals surface area (Å²) in [5.41, 5.74) is 0.891. The number of aliphatic carboxylic acids is 1. The number of anilines is 1. The Morgan fingerprint density at radius 1 is 1.50 bits per heavy atom. The molecule has 2 rings (SSSR count). The van der Waals surface area contributed by atoms with Crippen LogP contribution in [0.5, 0.6) is 0 Å². The summed E-state index contributed by atoms with van der Waals surface area (Å²) in [7, 11) is 0. The van der Waals surface area contributed by atoms with Crippen LogP contribution in [0.3, 0.4) is 0 Å². The molecule has 0 bridgehead atoms. The third-order valence-corrected chi connectivity index (χ3v) is 4.16. The van der Waals surface area contributed by atoms with E-state index in [0.717, 1.165) is 4.90 Å². The molecule has 0 radical (unpaired) electrons. The van der Waals surface area contributed by atoms with Crippen LogP contribution in [-0.2, 0) is 9.59 Å². The van der Waals surface area contributed by atoms with Gasteiger partial charge in [-0.2, -0.15) is 0 Å². The molecule has 2 amide bonds. The smallest absolute Gasteiger partial charge is 0.326 e. The summed E-state index contributed by atoms with van der Waals surface area (Å²) in [5.74, 6) is -1.34. The van der Waals surface area contributed by atoms with Crippen LogP contribution in [0.25, 0.3) is 0 Å². The Labute approximate surface area is 132 Å². The molecule has 1 heterocycles. The predicted molar refractivity (Wildman–Crippen MR) is 84.1 cm³/mol. The summed E-state index contributed by atoms with van der Waals surface area (Å²) in [5, 5.41) is 14.3. The number of carboxylic acid groups (broad SMARTS) is 1. The molecule has 116 valence electrons. The third kappa shape index (κ3) is 3.88. The van der Waals surface area contributed by atoms with Crippen molar-refractivity contribution in [3.8, 4) is 0 Å². The van der Waals surface area contributed by atoms with Crippen LogP contribution in [-0.4, -0.2) is 34.7 Å². The number of thioether (sulfide) groups is 1. The lowest BCUT2D eigenvalue weighted by Crippen LogP contribution is -2.40. The highest BCUT2D eigenvalue weighted by Crippen LogP contribution is 2.31. The van der Waals surface area contributed by atoms with Crippen LogP contribution >= 0.6 is 11.8 Å². The fraction of sp³-hybridized carbons (Fsp3) is 0.267. The maximum absolute atomic E-state index is 12.2. The quantitative estimate of drug-likeness (QED) is 0.720. The first-order valence-corrected chi connectivity index (χ1v) is 7.71. The predicted octanol–water partition coefficient (Wildman–Crippen LogP) is 1.88. The lowest BCUT2D eigenvalue weighted by Gasteiger charge is -2.18. The van der Waals surface area contributed by atoms with Crippen molar-refractivity contribution >= 4 is 35.2 Å². The average molecular weight is 320 g/mol. The monoisotopic (exact) mass is 320 g/mol. The summed E-state index contributed by atoms with van der Waals surface area (Å²) in [6.07, 6.45) is 3.63. The summed E-state index contributed by atoms with van der Waals surface area (Å²) < 4.78 is 0. The number of allylic oxidation sites excluding steroid dienone is 1. The second-order valence-corrected chi connectivity index (χ2v) is 5.73. The van der Waals surface area contributed by atoms with Crippen molar-refractivity contribution in [1.82, 2.24) is 5.32 Å². The first kappa shape index (κ1) is 16.1. The van der Waals surface area contributed by atoms with Crippen molar-refractivity contribution in [2.24, 2.45) is 0 Å². The summed E-state index contributed by atoms with van der Waals surface area (Å²) in [6.45, 7) is 1.78. The number of hydrogen-bond acceptors (Lipinski definition) is 4. The van der Waals surface area contributed by atoms with Crippen molar-refractivity contribution in [3.63, 3.8) is 0 Å². The lowest BCUT2D eigenvalue weighted by atomic mass is 10.1. The minimum absolute atomic E-state index is 0.119. The third-order valence-electron chi connectivity index (χ3n) is 3.09. The summed E-state index contributed by atoms with van der Waals surface area (Å²) in [6, 6.07) is 3.94. The van der Waals surface area contributed by atoms with Crippen LogP contribution in [0, 0.1) is 0 Å². The molecule has 0 fully saturated rings. The molecular formula is C15H16N2O4S. The first-order chi connectivity index (χ1) is 10.5. The molecule has 1 atom stereocenters.